The van der Waals surface area contributed by atoms with E-state index in [1.807, 2.05) is 7.05 Å². The van der Waals surface area contributed by atoms with Gasteiger partial charge in [0.05, 0.1) is 0 Å². The summed E-state index contributed by atoms with van der Waals surface area (Å²) in [6.45, 7) is 10.2. The summed E-state index contributed by atoms with van der Waals surface area (Å²) in [7, 11) is 1.82. The summed E-state index contributed by atoms with van der Waals surface area (Å²) in [5, 5.41) is 6.72. The van der Waals surface area contributed by atoms with E-state index in [4.69, 9.17) is 4.74 Å². The van der Waals surface area contributed by atoms with Gasteiger partial charge < -0.3 is 15.4 Å². The van der Waals surface area contributed by atoms with Crippen LogP contribution in [-0.4, -0.2) is 63.3 Å². The normalized spacial score (nSPS) is 15.5. The average Bonchev–Trinajstić information content (AvgIpc) is 3.33. The molecule has 0 aromatic rings. The fraction of sp³-hybridized carbons (Fsp3) is 0.938. The van der Waals surface area contributed by atoms with Gasteiger partial charge in [0.1, 0.15) is 0 Å². The lowest BCUT2D eigenvalue weighted by Gasteiger charge is -2.20. The minimum atomic E-state index is 0.829. The first kappa shape index (κ1) is 18.2. The molecule has 5 nitrogen and oxygen atoms in total. The number of nitrogens with one attached hydrogen (secondary N) is 2. The summed E-state index contributed by atoms with van der Waals surface area (Å²) in [6.07, 6.45) is 6.13. The molecule has 1 fully saturated rings. The molecule has 1 rings (SSSR count). The Morgan fingerprint density at radius 3 is 2.48 bits per heavy atom. The molecular formula is C16H34N4O. The van der Waals surface area contributed by atoms with Crippen molar-refractivity contribution >= 4 is 5.96 Å². The lowest BCUT2D eigenvalue weighted by atomic mass is 10.4. The maximum Gasteiger partial charge on any atom is 0.191 e. The van der Waals surface area contributed by atoms with Gasteiger partial charge in [-0.05, 0) is 32.2 Å². The Kier molecular flexibility index (Phi) is 10.3. The van der Waals surface area contributed by atoms with Gasteiger partial charge in [-0.2, -0.15) is 0 Å². The Morgan fingerprint density at radius 1 is 1.14 bits per heavy atom. The Morgan fingerprint density at radius 2 is 1.86 bits per heavy atom. The molecule has 0 bridgehead atoms. The lowest BCUT2D eigenvalue weighted by molar-refractivity contribution is 0.129. The smallest absolute Gasteiger partial charge is 0.191 e. The molecule has 5 heteroatoms. The van der Waals surface area contributed by atoms with Crippen molar-refractivity contribution in [3.63, 3.8) is 0 Å². The van der Waals surface area contributed by atoms with Gasteiger partial charge >= 0.3 is 0 Å². The molecule has 0 heterocycles. The molecule has 0 aromatic carbocycles. The molecule has 0 saturated heterocycles. The Bertz CT molecular complexity index is 279. The largest absolute Gasteiger partial charge is 0.381 e. The second-order valence-electron chi connectivity index (χ2n) is 5.61. The van der Waals surface area contributed by atoms with E-state index in [1.165, 1.54) is 19.3 Å². The van der Waals surface area contributed by atoms with E-state index in [9.17, 15) is 0 Å². The standard InChI is InChI=1S/C16H34N4O/c1-4-6-13-21-14-7-10-18-16(17-3)19-11-12-20(5-2)15-8-9-15/h15H,4-14H2,1-3H3,(H2,17,18,19). The maximum atomic E-state index is 5.54. The molecule has 0 spiro atoms. The molecule has 21 heavy (non-hydrogen) atoms. The van der Waals surface area contributed by atoms with Gasteiger partial charge in [-0.3, -0.25) is 9.89 Å². The van der Waals surface area contributed by atoms with Gasteiger partial charge in [-0.15, -0.1) is 0 Å². The molecule has 0 aromatic heterocycles. The van der Waals surface area contributed by atoms with Crippen LogP contribution >= 0.6 is 0 Å². The minimum absolute atomic E-state index is 0.829. The number of nitrogens with zero attached hydrogens (tertiary/aromatic N) is 2. The summed E-state index contributed by atoms with van der Waals surface area (Å²) < 4.78 is 5.54. The molecule has 0 unspecified atom stereocenters. The number of ether oxygens (including phenoxy) is 1. The van der Waals surface area contributed by atoms with Crippen LogP contribution in [-0.2, 0) is 4.74 Å². The number of rotatable bonds is 12. The third kappa shape index (κ3) is 8.94. The van der Waals surface area contributed by atoms with Crippen LogP contribution in [0.5, 0.6) is 0 Å². The lowest BCUT2D eigenvalue weighted by Crippen LogP contribution is -2.42. The van der Waals surface area contributed by atoms with Gasteiger partial charge in [0.15, 0.2) is 5.96 Å². The summed E-state index contributed by atoms with van der Waals surface area (Å²) >= 11 is 0. The first-order valence-electron chi connectivity index (χ1n) is 8.58. The van der Waals surface area contributed by atoms with Crippen molar-refractivity contribution in [3.05, 3.63) is 0 Å². The number of unbranched alkanes of at least 4 members (excludes halogenated alkanes) is 1. The highest BCUT2D eigenvalue weighted by molar-refractivity contribution is 5.79. The molecule has 0 amide bonds. The van der Waals surface area contributed by atoms with E-state index in [2.05, 4.69) is 34.4 Å². The molecule has 124 valence electrons. The number of likely N-dealkylation sites (N-methyl/N-ethyl adjacent to an activating group) is 1. The van der Waals surface area contributed by atoms with Gasteiger partial charge in [0.2, 0.25) is 0 Å². The van der Waals surface area contributed by atoms with Crippen molar-refractivity contribution in [1.82, 2.24) is 15.5 Å². The van der Waals surface area contributed by atoms with Crippen LogP contribution in [0.1, 0.15) is 46.0 Å². The van der Waals surface area contributed by atoms with E-state index >= 15 is 0 Å². The zero-order valence-electron chi connectivity index (χ0n) is 14.2. The summed E-state index contributed by atoms with van der Waals surface area (Å²) in [4.78, 5) is 6.80. The average molecular weight is 298 g/mol. The van der Waals surface area contributed by atoms with Crippen LogP contribution in [0, 0.1) is 0 Å². The fourth-order valence-electron chi connectivity index (χ4n) is 2.31. The van der Waals surface area contributed by atoms with Crippen LogP contribution in [0.3, 0.4) is 0 Å². The highest BCUT2D eigenvalue weighted by Gasteiger charge is 2.27. The van der Waals surface area contributed by atoms with E-state index in [1.54, 1.807) is 0 Å². The number of aliphatic imine (C=N–C) groups is 1. The molecular weight excluding hydrogens is 264 g/mol. The third-order valence-electron chi connectivity index (χ3n) is 3.78. The first-order chi connectivity index (χ1) is 10.3. The van der Waals surface area contributed by atoms with Gasteiger partial charge in [0, 0.05) is 45.9 Å². The molecule has 0 atom stereocenters. The zero-order chi connectivity index (χ0) is 15.3. The Balaban J connectivity index is 1.98. The molecule has 1 aliphatic rings. The number of guanidine groups is 1. The summed E-state index contributed by atoms with van der Waals surface area (Å²) in [6, 6.07) is 0.840. The molecule has 0 radical (unpaired) electrons. The quantitative estimate of drug-likeness (QED) is 0.328. The predicted octanol–water partition coefficient (Wildman–Crippen LogP) is 1.84. The van der Waals surface area contributed by atoms with Crippen molar-refractivity contribution in [2.45, 2.75) is 52.0 Å². The van der Waals surface area contributed by atoms with Gasteiger partial charge in [0.25, 0.3) is 0 Å². The molecule has 1 aliphatic carbocycles. The van der Waals surface area contributed by atoms with Crippen molar-refractivity contribution in [1.29, 1.82) is 0 Å². The fourth-order valence-corrected chi connectivity index (χ4v) is 2.31. The van der Waals surface area contributed by atoms with Crippen molar-refractivity contribution < 1.29 is 4.74 Å². The van der Waals surface area contributed by atoms with Crippen LogP contribution in [0.25, 0.3) is 0 Å². The van der Waals surface area contributed by atoms with Crippen LogP contribution in [0.4, 0.5) is 0 Å². The molecule has 2 N–H and O–H groups in total. The maximum absolute atomic E-state index is 5.54. The SMILES string of the molecule is CCCCOCCCNC(=NC)NCCN(CC)C1CC1. The monoisotopic (exact) mass is 298 g/mol. The number of hydrogen-bond acceptors (Lipinski definition) is 3. The van der Waals surface area contributed by atoms with E-state index in [0.29, 0.717) is 0 Å². The van der Waals surface area contributed by atoms with Crippen LogP contribution in [0.15, 0.2) is 4.99 Å². The topological polar surface area (TPSA) is 48.9 Å². The van der Waals surface area contributed by atoms with Gasteiger partial charge in [-0.25, -0.2) is 0 Å². The summed E-state index contributed by atoms with van der Waals surface area (Å²) in [5.74, 6) is 0.899. The Hall–Kier alpha value is -0.810. The first-order valence-corrected chi connectivity index (χ1v) is 8.58. The van der Waals surface area contributed by atoms with E-state index in [-0.39, 0.29) is 0 Å². The Labute approximate surface area is 130 Å². The van der Waals surface area contributed by atoms with Crippen molar-refractivity contribution in [2.75, 3.05) is 46.4 Å². The minimum Gasteiger partial charge on any atom is -0.381 e. The van der Waals surface area contributed by atoms with E-state index in [0.717, 1.165) is 64.2 Å². The second kappa shape index (κ2) is 11.8. The summed E-state index contributed by atoms with van der Waals surface area (Å²) in [5.41, 5.74) is 0. The molecule has 0 aliphatic heterocycles. The van der Waals surface area contributed by atoms with Crippen molar-refractivity contribution in [2.24, 2.45) is 4.99 Å². The highest BCUT2D eigenvalue weighted by Crippen LogP contribution is 2.25. The van der Waals surface area contributed by atoms with Gasteiger partial charge in [-0.1, -0.05) is 20.3 Å². The van der Waals surface area contributed by atoms with Crippen LogP contribution in [0.2, 0.25) is 0 Å². The predicted molar refractivity (Wildman–Crippen MR) is 90.0 cm³/mol. The highest BCUT2D eigenvalue weighted by atomic mass is 16.5. The second-order valence-corrected chi connectivity index (χ2v) is 5.61. The molecule has 1 saturated carbocycles. The third-order valence-corrected chi connectivity index (χ3v) is 3.78. The van der Waals surface area contributed by atoms with Crippen LogP contribution < -0.4 is 10.6 Å². The zero-order valence-corrected chi connectivity index (χ0v) is 14.2. The van der Waals surface area contributed by atoms with E-state index < -0.39 is 0 Å². The van der Waals surface area contributed by atoms with Crippen molar-refractivity contribution in [3.8, 4) is 0 Å². The number of hydrogen-bond donors (Lipinski definition) is 2.